The van der Waals surface area contributed by atoms with Crippen LogP contribution in [0.1, 0.15) is 50.4 Å². The van der Waals surface area contributed by atoms with Crippen molar-refractivity contribution in [3.05, 3.63) is 35.6 Å². The van der Waals surface area contributed by atoms with Gasteiger partial charge in [-0.1, -0.05) is 33.6 Å². The highest BCUT2D eigenvalue weighted by Gasteiger charge is 2.24. The minimum atomic E-state index is -0.598. The maximum atomic E-state index is 12.9. The average molecular weight is 308 g/mol. The lowest BCUT2D eigenvalue weighted by atomic mass is 10.0. The molecule has 0 heterocycles. The Labute approximate surface area is 131 Å². The fraction of sp³-hybridized carbons (Fsp3) is 0.529. The Morgan fingerprint density at radius 3 is 2.32 bits per heavy atom. The van der Waals surface area contributed by atoms with Gasteiger partial charge in [-0.25, -0.2) is 4.39 Å². The molecule has 0 spiro atoms. The van der Waals surface area contributed by atoms with E-state index in [1.165, 1.54) is 24.3 Å². The van der Waals surface area contributed by atoms with Crippen LogP contribution in [0.15, 0.2) is 24.3 Å². The highest BCUT2D eigenvalue weighted by molar-refractivity contribution is 5.97. The number of hydrogen-bond donors (Lipinski definition) is 2. The summed E-state index contributed by atoms with van der Waals surface area (Å²) in [6.07, 6.45) is 3.08. The van der Waals surface area contributed by atoms with Crippen LogP contribution in [0.25, 0.3) is 0 Å². The van der Waals surface area contributed by atoms with Crippen LogP contribution < -0.4 is 10.6 Å². The Balaban J connectivity index is 2.61. The van der Waals surface area contributed by atoms with E-state index in [-0.39, 0.29) is 17.7 Å². The zero-order valence-corrected chi connectivity index (χ0v) is 13.5. The van der Waals surface area contributed by atoms with Crippen molar-refractivity contribution in [2.24, 2.45) is 5.92 Å². The maximum absolute atomic E-state index is 12.9. The average Bonchev–Trinajstić information content (AvgIpc) is 2.49. The van der Waals surface area contributed by atoms with Gasteiger partial charge < -0.3 is 10.6 Å². The van der Waals surface area contributed by atoms with Gasteiger partial charge in [0.15, 0.2) is 0 Å². The van der Waals surface area contributed by atoms with E-state index in [9.17, 15) is 14.0 Å². The molecule has 22 heavy (non-hydrogen) atoms. The van der Waals surface area contributed by atoms with Crippen molar-refractivity contribution >= 4 is 11.8 Å². The Morgan fingerprint density at radius 1 is 1.14 bits per heavy atom. The smallest absolute Gasteiger partial charge is 0.251 e. The lowest BCUT2D eigenvalue weighted by Crippen LogP contribution is -2.49. The maximum Gasteiger partial charge on any atom is 0.251 e. The molecule has 5 heteroatoms. The lowest BCUT2D eigenvalue weighted by Gasteiger charge is -2.21. The molecule has 0 aromatic heterocycles. The number of halogens is 1. The van der Waals surface area contributed by atoms with E-state index in [0.717, 1.165) is 19.3 Å². The van der Waals surface area contributed by atoms with Gasteiger partial charge in [0.1, 0.15) is 11.9 Å². The van der Waals surface area contributed by atoms with Crippen molar-refractivity contribution < 1.29 is 14.0 Å². The van der Waals surface area contributed by atoms with Crippen molar-refractivity contribution in [1.82, 2.24) is 10.6 Å². The Bertz CT molecular complexity index is 486. The Kier molecular flexibility index (Phi) is 7.57. The van der Waals surface area contributed by atoms with Gasteiger partial charge in [0.05, 0.1) is 0 Å². The van der Waals surface area contributed by atoms with Crippen molar-refractivity contribution in [3.63, 3.8) is 0 Å². The third kappa shape index (κ3) is 5.84. The number of carbonyl (C=O) groups excluding carboxylic acids is 2. The number of rotatable bonds is 8. The van der Waals surface area contributed by atoms with E-state index in [4.69, 9.17) is 0 Å². The molecule has 0 saturated carbocycles. The molecule has 0 aliphatic rings. The highest BCUT2D eigenvalue weighted by Crippen LogP contribution is 2.07. The molecular formula is C17H25FN2O2. The molecule has 0 fully saturated rings. The van der Waals surface area contributed by atoms with Crippen LogP contribution in [-0.2, 0) is 4.79 Å². The molecule has 122 valence electrons. The molecule has 1 atom stereocenters. The topological polar surface area (TPSA) is 58.2 Å². The second-order valence-corrected chi connectivity index (χ2v) is 5.70. The molecule has 2 amide bonds. The van der Waals surface area contributed by atoms with Crippen molar-refractivity contribution in [3.8, 4) is 0 Å². The molecule has 0 radical (unpaired) electrons. The first kappa shape index (κ1) is 18.1. The van der Waals surface area contributed by atoms with Crippen LogP contribution in [0, 0.1) is 11.7 Å². The van der Waals surface area contributed by atoms with Gasteiger partial charge >= 0.3 is 0 Å². The second kappa shape index (κ2) is 9.18. The molecule has 1 rings (SSSR count). The van der Waals surface area contributed by atoms with Crippen LogP contribution in [0.2, 0.25) is 0 Å². The molecule has 1 unspecified atom stereocenters. The minimum absolute atomic E-state index is 0.0319. The summed E-state index contributed by atoms with van der Waals surface area (Å²) < 4.78 is 12.9. The standard InChI is InChI=1S/C17H25FN2O2/c1-4-5-6-11-19-17(22)15(12(2)3)20-16(21)13-7-9-14(18)10-8-13/h7-10,12,15H,4-6,11H2,1-3H3,(H,19,22)(H,20,21). The van der Waals surface area contributed by atoms with Gasteiger partial charge in [-0.15, -0.1) is 0 Å². The van der Waals surface area contributed by atoms with E-state index in [0.29, 0.717) is 12.1 Å². The number of nitrogens with one attached hydrogen (secondary N) is 2. The van der Waals surface area contributed by atoms with Crippen molar-refractivity contribution in [2.75, 3.05) is 6.54 Å². The fourth-order valence-electron chi connectivity index (χ4n) is 2.06. The lowest BCUT2D eigenvalue weighted by molar-refractivity contribution is -0.123. The van der Waals surface area contributed by atoms with Crippen LogP contribution in [-0.4, -0.2) is 24.4 Å². The predicted molar refractivity (Wildman–Crippen MR) is 85.0 cm³/mol. The van der Waals surface area contributed by atoms with Crippen LogP contribution in [0.5, 0.6) is 0 Å². The monoisotopic (exact) mass is 308 g/mol. The van der Waals surface area contributed by atoms with Crippen molar-refractivity contribution in [1.29, 1.82) is 0 Å². The van der Waals surface area contributed by atoms with Gasteiger partial charge in [0.2, 0.25) is 5.91 Å². The summed E-state index contributed by atoms with van der Waals surface area (Å²) in [6, 6.07) is 4.66. The molecule has 2 N–H and O–H groups in total. The number of benzene rings is 1. The van der Waals surface area contributed by atoms with Gasteiger partial charge in [0.25, 0.3) is 5.91 Å². The molecule has 0 aliphatic carbocycles. The summed E-state index contributed by atoms with van der Waals surface area (Å²) in [5.41, 5.74) is 0.339. The summed E-state index contributed by atoms with van der Waals surface area (Å²) in [7, 11) is 0. The SMILES string of the molecule is CCCCCNC(=O)C(NC(=O)c1ccc(F)cc1)C(C)C. The van der Waals surface area contributed by atoms with E-state index in [1.807, 2.05) is 13.8 Å². The largest absolute Gasteiger partial charge is 0.354 e. The minimum Gasteiger partial charge on any atom is -0.354 e. The number of carbonyl (C=O) groups is 2. The normalized spacial score (nSPS) is 12.0. The summed E-state index contributed by atoms with van der Waals surface area (Å²) in [6.45, 7) is 6.46. The third-order valence-electron chi connectivity index (χ3n) is 3.42. The highest BCUT2D eigenvalue weighted by atomic mass is 19.1. The third-order valence-corrected chi connectivity index (χ3v) is 3.42. The Hall–Kier alpha value is -1.91. The molecule has 1 aromatic carbocycles. The van der Waals surface area contributed by atoms with Crippen LogP contribution >= 0.6 is 0 Å². The van der Waals surface area contributed by atoms with E-state index >= 15 is 0 Å². The predicted octanol–water partition coefficient (Wildman–Crippen LogP) is 2.89. The van der Waals surface area contributed by atoms with Gasteiger partial charge in [0, 0.05) is 12.1 Å². The Morgan fingerprint density at radius 2 is 1.77 bits per heavy atom. The summed E-state index contributed by atoms with van der Waals surface area (Å²) in [5.74, 6) is -0.981. The molecule has 1 aromatic rings. The first-order valence-electron chi connectivity index (χ1n) is 7.79. The zero-order valence-electron chi connectivity index (χ0n) is 13.5. The van der Waals surface area contributed by atoms with Gasteiger partial charge in [-0.05, 0) is 36.6 Å². The molecule has 0 aliphatic heterocycles. The molecular weight excluding hydrogens is 283 g/mol. The van der Waals surface area contributed by atoms with Gasteiger partial charge in [-0.2, -0.15) is 0 Å². The number of hydrogen-bond acceptors (Lipinski definition) is 2. The molecule has 0 bridgehead atoms. The van der Waals surface area contributed by atoms with Crippen LogP contribution in [0.3, 0.4) is 0 Å². The summed E-state index contributed by atoms with van der Waals surface area (Å²) in [5, 5.41) is 5.57. The molecule has 0 saturated heterocycles. The van der Waals surface area contributed by atoms with E-state index < -0.39 is 11.9 Å². The molecule has 4 nitrogen and oxygen atoms in total. The van der Waals surface area contributed by atoms with E-state index in [1.54, 1.807) is 0 Å². The summed E-state index contributed by atoms with van der Waals surface area (Å²) in [4.78, 5) is 24.3. The fourth-order valence-corrected chi connectivity index (χ4v) is 2.06. The van der Waals surface area contributed by atoms with Gasteiger partial charge in [-0.3, -0.25) is 9.59 Å². The first-order chi connectivity index (χ1) is 10.5. The second-order valence-electron chi connectivity index (χ2n) is 5.70. The van der Waals surface area contributed by atoms with Crippen molar-refractivity contribution in [2.45, 2.75) is 46.1 Å². The van der Waals surface area contributed by atoms with Crippen LogP contribution in [0.4, 0.5) is 4.39 Å². The van der Waals surface area contributed by atoms with E-state index in [2.05, 4.69) is 17.6 Å². The number of amides is 2. The summed E-state index contributed by atoms with van der Waals surface area (Å²) >= 11 is 0. The first-order valence-corrected chi connectivity index (χ1v) is 7.79. The quantitative estimate of drug-likeness (QED) is 0.726. The zero-order chi connectivity index (χ0) is 16.5. The number of unbranched alkanes of at least 4 members (excludes halogenated alkanes) is 2.